The smallest absolute Gasteiger partial charge is 0.378 e. The van der Waals surface area contributed by atoms with E-state index in [0.717, 1.165) is 7.11 Å². The summed E-state index contributed by atoms with van der Waals surface area (Å²) in [7, 11) is 1.05. The average Bonchev–Trinajstić information content (AvgIpc) is 2.64. The SMILES string of the molecule is COC1(COCCC(F)(F)C(F)(F)C(F)(F)C(F)(F)C(F)(F)C(F)(F)C(F)(F)C(F)(F)F)COC1. The van der Waals surface area contributed by atoms with Crippen LogP contribution in [0.5, 0.6) is 0 Å². The lowest BCUT2D eigenvalue weighted by molar-refractivity contribution is -0.462. The highest BCUT2D eigenvalue weighted by molar-refractivity contribution is 5.15. The van der Waals surface area contributed by atoms with Crippen molar-refractivity contribution in [2.24, 2.45) is 0 Å². The largest absolute Gasteiger partial charge is 0.460 e. The van der Waals surface area contributed by atoms with Gasteiger partial charge in [0.05, 0.1) is 26.4 Å². The monoisotopic (exact) mass is 564 g/mol. The van der Waals surface area contributed by atoms with Gasteiger partial charge in [0.15, 0.2) is 0 Å². The summed E-state index contributed by atoms with van der Waals surface area (Å²) in [6.45, 7) is -2.82. The normalized spacial score (nSPS) is 19.0. The van der Waals surface area contributed by atoms with Gasteiger partial charge in [0.1, 0.15) is 5.60 Å². The van der Waals surface area contributed by atoms with Crippen LogP contribution in [-0.4, -0.2) is 86.8 Å². The number of rotatable bonds is 12. The summed E-state index contributed by atoms with van der Waals surface area (Å²) in [6.07, 6.45) is -10.4. The van der Waals surface area contributed by atoms with Gasteiger partial charge in [-0.25, -0.2) is 0 Å². The Balaban J connectivity index is 3.24. The summed E-state index contributed by atoms with van der Waals surface area (Å²) in [6, 6.07) is 0. The van der Waals surface area contributed by atoms with Gasteiger partial charge in [0.25, 0.3) is 0 Å². The fourth-order valence-electron chi connectivity index (χ4n) is 2.40. The summed E-state index contributed by atoms with van der Waals surface area (Å²) in [4.78, 5) is 0. The number of hydrogen-bond donors (Lipinski definition) is 0. The van der Waals surface area contributed by atoms with E-state index in [4.69, 9.17) is 4.74 Å². The maximum atomic E-state index is 13.7. The molecule has 0 aromatic heterocycles. The van der Waals surface area contributed by atoms with E-state index < -0.39 is 72.9 Å². The minimum absolute atomic E-state index is 0.216. The molecule has 20 heteroatoms. The molecular weight excluding hydrogens is 551 g/mol. The van der Waals surface area contributed by atoms with Gasteiger partial charge in [-0.15, -0.1) is 0 Å². The Morgan fingerprint density at radius 3 is 1.29 bits per heavy atom. The van der Waals surface area contributed by atoms with Crippen molar-refractivity contribution in [2.45, 2.75) is 59.7 Å². The van der Waals surface area contributed by atoms with Gasteiger partial charge in [-0.05, 0) is 0 Å². The molecule has 1 heterocycles. The van der Waals surface area contributed by atoms with Crippen molar-refractivity contribution in [1.82, 2.24) is 0 Å². The Morgan fingerprint density at radius 2 is 0.971 bits per heavy atom. The van der Waals surface area contributed by atoms with Crippen molar-refractivity contribution in [3.8, 4) is 0 Å². The minimum Gasteiger partial charge on any atom is -0.378 e. The third-order valence-electron chi connectivity index (χ3n) is 4.88. The van der Waals surface area contributed by atoms with E-state index in [1.54, 1.807) is 0 Å². The summed E-state index contributed by atoms with van der Waals surface area (Å²) >= 11 is 0. The second kappa shape index (κ2) is 8.91. The van der Waals surface area contributed by atoms with Crippen LogP contribution in [0.2, 0.25) is 0 Å². The lowest BCUT2D eigenvalue weighted by Crippen LogP contribution is -2.74. The zero-order chi connectivity index (χ0) is 28.2. The predicted molar refractivity (Wildman–Crippen MR) is 76.7 cm³/mol. The van der Waals surface area contributed by atoms with Crippen LogP contribution in [0.4, 0.5) is 74.6 Å². The van der Waals surface area contributed by atoms with Gasteiger partial charge in [0, 0.05) is 13.5 Å². The average molecular weight is 564 g/mol. The topological polar surface area (TPSA) is 27.7 Å². The quantitative estimate of drug-likeness (QED) is 0.221. The maximum absolute atomic E-state index is 13.7. The van der Waals surface area contributed by atoms with E-state index in [0.29, 0.717) is 0 Å². The molecule has 0 bridgehead atoms. The first-order valence-electron chi connectivity index (χ1n) is 8.64. The second-order valence-electron chi connectivity index (χ2n) is 7.33. The van der Waals surface area contributed by atoms with Crippen molar-refractivity contribution >= 4 is 0 Å². The van der Waals surface area contributed by atoms with Crippen molar-refractivity contribution < 1.29 is 88.8 Å². The molecule has 0 saturated carbocycles. The van der Waals surface area contributed by atoms with E-state index in [1.807, 2.05) is 0 Å². The number of hydrogen-bond acceptors (Lipinski definition) is 3. The van der Waals surface area contributed by atoms with Crippen LogP contribution >= 0.6 is 0 Å². The van der Waals surface area contributed by atoms with E-state index in [2.05, 4.69) is 9.47 Å². The molecule has 0 spiro atoms. The van der Waals surface area contributed by atoms with E-state index in [1.165, 1.54) is 0 Å². The highest BCUT2D eigenvalue weighted by Gasteiger charge is 2.95. The Morgan fingerprint density at radius 1 is 0.600 bits per heavy atom. The first-order valence-corrected chi connectivity index (χ1v) is 8.64. The fourth-order valence-corrected chi connectivity index (χ4v) is 2.40. The highest BCUT2D eigenvalue weighted by Crippen LogP contribution is 2.64. The molecule has 1 saturated heterocycles. The van der Waals surface area contributed by atoms with Crippen LogP contribution < -0.4 is 0 Å². The zero-order valence-corrected chi connectivity index (χ0v) is 16.7. The first kappa shape index (κ1) is 31.7. The predicted octanol–water partition coefficient (Wildman–Crippen LogP) is 5.82. The number of halogens is 17. The molecule has 210 valence electrons. The zero-order valence-electron chi connectivity index (χ0n) is 16.7. The fraction of sp³-hybridized carbons (Fsp3) is 1.00. The Labute approximate surface area is 183 Å². The molecule has 1 fully saturated rings. The molecule has 0 atom stereocenters. The van der Waals surface area contributed by atoms with Crippen LogP contribution in [0.3, 0.4) is 0 Å². The number of alkyl halides is 17. The molecule has 1 aliphatic rings. The van der Waals surface area contributed by atoms with E-state index in [-0.39, 0.29) is 13.2 Å². The molecule has 1 rings (SSSR count). The van der Waals surface area contributed by atoms with Crippen LogP contribution in [0.1, 0.15) is 6.42 Å². The van der Waals surface area contributed by atoms with Gasteiger partial charge < -0.3 is 14.2 Å². The third kappa shape index (κ3) is 4.61. The minimum atomic E-state index is -8.63. The van der Waals surface area contributed by atoms with Crippen molar-refractivity contribution in [2.75, 3.05) is 33.5 Å². The van der Waals surface area contributed by atoms with Crippen molar-refractivity contribution in [3.63, 3.8) is 0 Å². The van der Waals surface area contributed by atoms with Gasteiger partial charge in [0.2, 0.25) is 0 Å². The lowest BCUT2D eigenvalue weighted by Gasteiger charge is -2.43. The Kier molecular flexibility index (Phi) is 8.08. The first-order chi connectivity index (χ1) is 15.2. The molecule has 35 heavy (non-hydrogen) atoms. The molecule has 0 N–H and O–H groups in total. The number of methoxy groups -OCH3 is 1. The van der Waals surface area contributed by atoms with Gasteiger partial charge in [-0.2, -0.15) is 74.6 Å². The summed E-state index contributed by atoms with van der Waals surface area (Å²) in [5.74, 6) is -56.3. The summed E-state index contributed by atoms with van der Waals surface area (Å²) in [5, 5.41) is 0. The molecule has 0 radical (unpaired) electrons. The Bertz CT molecular complexity index is 736. The summed E-state index contributed by atoms with van der Waals surface area (Å²) < 4.78 is 237. The van der Waals surface area contributed by atoms with Gasteiger partial charge in [-0.1, -0.05) is 0 Å². The van der Waals surface area contributed by atoms with Gasteiger partial charge >= 0.3 is 47.6 Å². The lowest BCUT2D eigenvalue weighted by atomic mass is 9.88. The van der Waals surface area contributed by atoms with Crippen molar-refractivity contribution in [3.05, 3.63) is 0 Å². The third-order valence-corrected chi connectivity index (χ3v) is 4.88. The van der Waals surface area contributed by atoms with Crippen LogP contribution in [-0.2, 0) is 14.2 Å². The molecule has 0 aromatic carbocycles. The maximum Gasteiger partial charge on any atom is 0.460 e. The van der Waals surface area contributed by atoms with Crippen LogP contribution in [0, 0.1) is 0 Å². The highest BCUT2D eigenvalue weighted by atomic mass is 19.4. The number of ether oxygens (including phenoxy) is 3. The van der Waals surface area contributed by atoms with Crippen LogP contribution in [0.15, 0.2) is 0 Å². The molecule has 1 aliphatic heterocycles. The van der Waals surface area contributed by atoms with Crippen molar-refractivity contribution in [1.29, 1.82) is 0 Å². The second-order valence-corrected chi connectivity index (χ2v) is 7.33. The molecule has 3 nitrogen and oxygen atoms in total. The molecule has 0 amide bonds. The molecule has 0 unspecified atom stereocenters. The standard InChI is InChI=1S/C15H13F17O3/c1-33-7(5-35-6-7)4-34-3-2-8(16,17)9(18,19)10(20,21)11(22,23)12(24,25)13(26,27)14(28,29)15(30,31)32/h2-6H2,1H3. The summed E-state index contributed by atoms with van der Waals surface area (Å²) in [5.41, 5.74) is -1.29. The van der Waals surface area contributed by atoms with E-state index in [9.17, 15) is 74.6 Å². The Hall–Kier alpha value is -1.31. The van der Waals surface area contributed by atoms with E-state index >= 15 is 0 Å². The molecule has 0 aromatic rings. The van der Waals surface area contributed by atoms with Crippen LogP contribution in [0.25, 0.3) is 0 Å². The van der Waals surface area contributed by atoms with Gasteiger partial charge in [-0.3, -0.25) is 0 Å². The molecule has 0 aliphatic carbocycles. The molecular formula is C15H13F17O3.